The van der Waals surface area contributed by atoms with Gasteiger partial charge in [-0.2, -0.15) is 4.98 Å². The van der Waals surface area contributed by atoms with Crippen molar-refractivity contribution in [3.05, 3.63) is 17.8 Å². The van der Waals surface area contributed by atoms with Crippen molar-refractivity contribution < 1.29 is 9.53 Å². The molecule has 3 rings (SSSR count). The van der Waals surface area contributed by atoms with Crippen LogP contribution in [0.15, 0.2) is 17.8 Å². The van der Waals surface area contributed by atoms with Gasteiger partial charge < -0.3 is 9.64 Å². The zero-order valence-corrected chi connectivity index (χ0v) is 14.4. The highest BCUT2D eigenvalue weighted by atomic mass is 32.1. The summed E-state index contributed by atoms with van der Waals surface area (Å²) in [4.78, 5) is 25.1. The number of hydrogen-bond acceptors (Lipinski definition) is 9. The topological polar surface area (TPSA) is 96.4 Å². The van der Waals surface area contributed by atoms with Crippen LogP contribution in [-0.2, 0) is 4.79 Å². The molecule has 24 heavy (non-hydrogen) atoms. The Bertz CT molecular complexity index is 674. The Morgan fingerprint density at radius 1 is 1.38 bits per heavy atom. The van der Waals surface area contributed by atoms with Crippen LogP contribution in [0.25, 0.3) is 0 Å². The van der Waals surface area contributed by atoms with Crippen LogP contribution in [0.1, 0.15) is 6.92 Å². The summed E-state index contributed by atoms with van der Waals surface area (Å²) in [6.07, 6.45) is 1.69. The zero-order chi connectivity index (χ0) is 16.9. The fraction of sp³-hybridized carbons (Fsp3) is 0.500. The predicted octanol–water partition coefficient (Wildman–Crippen LogP) is 0.486. The highest BCUT2D eigenvalue weighted by molar-refractivity contribution is 7.13. The van der Waals surface area contributed by atoms with Crippen molar-refractivity contribution in [3.8, 4) is 5.88 Å². The molecular formula is C14H19N7O2S. The second-order valence-corrected chi connectivity index (χ2v) is 6.16. The smallest absolute Gasteiger partial charge is 0.243 e. The second-order valence-electron chi connectivity index (χ2n) is 5.33. The summed E-state index contributed by atoms with van der Waals surface area (Å²) in [6, 6.07) is 1.49. The first-order valence-corrected chi connectivity index (χ1v) is 8.48. The Morgan fingerprint density at radius 2 is 2.17 bits per heavy atom. The van der Waals surface area contributed by atoms with Gasteiger partial charge in [0.2, 0.25) is 22.9 Å². The lowest BCUT2D eigenvalue weighted by Crippen LogP contribution is -2.53. The first kappa shape index (κ1) is 16.5. The number of anilines is 2. The van der Waals surface area contributed by atoms with Crippen LogP contribution in [0.4, 0.5) is 11.1 Å². The highest BCUT2D eigenvalue weighted by Crippen LogP contribution is 2.16. The van der Waals surface area contributed by atoms with Gasteiger partial charge in [-0.1, -0.05) is 11.3 Å². The number of methoxy groups -OCH3 is 1. The molecule has 1 atom stereocenters. The van der Waals surface area contributed by atoms with E-state index in [0.29, 0.717) is 17.0 Å². The van der Waals surface area contributed by atoms with E-state index in [1.807, 2.05) is 6.92 Å². The molecule has 1 fully saturated rings. The monoisotopic (exact) mass is 349 g/mol. The Morgan fingerprint density at radius 3 is 2.83 bits per heavy atom. The van der Waals surface area contributed by atoms with Crippen molar-refractivity contribution >= 4 is 28.3 Å². The minimum Gasteiger partial charge on any atom is -0.481 e. The summed E-state index contributed by atoms with van der Waals surface area (Å²) in [5, 5.41) is 10.9. The molecule has 1 aliphatic rings. The van der Waals surface area contributed by atoms with Gasteiger partial charge in [0.05, 0.1) is 13.2 Å². The zero-order valence-electron chi connectivity index (χ0n) is 13.5. The second kappa shape index (κ2) is 7.49. The molecule has 0 spiro atoms. The van der Waals surface area contributed by atoms with Crippen molar-refractivity contribution in [2.75, 3.05) is 43.5 Å². The van der Waals surface area contributed by atoms with Gasteiger partial charge in [-0.3, -0.25) is 15.0 Å². The van der Waals surface area contributed by atoms with Crippen molar-refractivity contribution in [2.24, 2.45) is 0 Å². The van der Waals surface area contributed by atoms with Crippen molar-refractivity contribution in [1.29, 1.82) is 0 Å². The van der Waals surface area contributed by atoms with Crippen LogP contribution >= 0.6 is 11.3 Å². The van der Waals surface area contributed by atoms with Crippen LogP contribution in [0, 0.1) is 0 Å². The van der Waals surface area contributed by atoms with Gasteiger partial charge in [0.25, 0.3) is 0 Å². The third-order valence-electron chi connectivity index (χ3n) is 3.94. The van der Waals surface area contributed by atoms with E-state index in [1.165, 1.54) is 11.3 Å². The van der Waals surface area contributed by atoms with Crippen molar-refractivity contribution in [3.63, 3.8) is 0 Å². The Labute approximate surface area is 143 Å². The average molecular weight is 349 g/mol. The average Bonchev–Trinajstić information content (AvgIpc) is 3.14. The summed E-state index contributed by atoms with van der Waals surface area (Å²) in [5.74, 6) is 1.13. The fourth-order valence-corrected chi connectivity index (χ4v) is 2.96. The lowest BCUT2D eigenvalue weighted by Gasteiger charge is -2.37. The molecule has 2 aromatic rings. The first-order chi connectivity index (χ1) is 11.7. The van der Waals surface area contributed by atoms with Crippen LogP contribution < -0.4 is 15.0 Å². The van der Waals surface area contributed by atoms with E-state index < -0.39 is 0 Å². The van der Waals surface area contributed by atoms with Gasteiger partial charge in [0.15, 0.2) is 0 Å². The molecule has 1 amide bonds. The fourth-order valence-electron chi connectivity index (χ4n) is 2.51. The summed E-state index contributed by atoms with van der Waals surface area (Å²) < 4.78 is 5.14. The molecule has 9 nitrogen and oxygen atoms in total. The molecule has 0 aliphatic carbocycles. The maximum Gasteiger partial charge on any atom is 0.243 e. The lowest BCUT2D eigenvalue weighted by atomic mass is 10.2. The summed E-state index contributed by atoms with van der Waals surface area (Å²) in [7, 11) is 1.59. The third kappa shape index (κ3) is 3.77. The van der Waals surface area contributed by atoms with Crippen LogP contribution in [0.3, 0.4) is 0 Å². The standard InChI is InChI=1S/C14H19N7O2S/c1-10(12(22)18-14-19-16-9-24-14)20-5-7-21(8-6-20)13-15-4-3-11(17-13)23-2/h3-4,9-10H,5-8H2,1-2H3,(H,18,19,22). The number of amides is 1. The molecule has 3 heterocycles. The number of carbonyl (C=O) groups excluding carboxylic acids is 1. The maximum absolute atomic E-state index is 12.3. The number of hydrogen-bond donors (Lipinski definition) is 1. The summed E-state index contributed by atoms with van der Waals surface area (Å²) in [6.45, 7) is 4.91. The molecule has 10 heteroatoms. The van der Waals surface area contributed by atoms with E-state index in [1.54, 1.807) is 24.9 Å². The highest BCUT2D eigenvalue weighted by Gasteiger charge is 2.27. The quantitative estimate of drug-likeness (QED) is 0.833. The normalized spacial score (nSPS) is 16.7. The van der Waals surface area contributed by atoms with Crippen molar-refractivity contribution in [2.45, 2.75) is 13.0 Å². The molecule has 1 unspecified atom stereocenters. The minimum atomic E-state index is -0.234. The molecule has 1 aliphatic heterocycles. The lowest BCUT2D eigenvalue weighted by molar-refractivity contribution is -0.120. The number of ether oxygens (including phenoxy) is 1. The molecular weight excluding hydrogens is 330 g/mol. The van der Waals surface area contributed by atoms with Gasteiger partial charge in [-0.25, -0.2) is 4.98 Å². The number of carbonyl (C=O) groups is 1. The molecule has 1 saturated heterocycles. The van der Waals surface area contributed by atoms with E-state index in [0.717, 1.165) is 26.2 Å². The Hall–Kier alpha value is -2.33. The Balaban J connectivity index is 1.55. The number of aromatic nitrogens is 4. The van der Waals surface area contributed by atoms with Crippen molar-refractivity contribution in [1.82, 2.24) is 25.1 Å². The third-order valence-corrected chi connectivity index (χ3v) is 4.55. The maximum atomic E-state index is 12.3. The molecule has 0 saturated carbocycles. The molecule has 2 aromatic heterocycles. The van der Waals surface area contributed by atoms with E-state index >= 15 is 0 Å². The van der Waals surface area contributed by atoms with Crippen LogP contribution in [0.5, 0.6) is 5.88 Å². The molecule has 1 N–H and O–H groups in total. The van der Waals surface area contributed by atoms with Gasteiger partial charge >= 0.3 is 0 Å². The van der Waals surface area contributed by atoms with Gasteiger partial charge in [-0.05, 0) is 6.92 Å². The molecule has 0 aromatic carbocycles. The van der Waals surface area contributed by atoms with Gasteiger partial charge in [-0.15, -0.1) is 10.2 Å². The van der Waals surface area contributed by atoms with Crippen LogP contribution in [-0.4, -0.2) is 70.3 Å². The van der Waals surface area contributed by atoms with E-state index in [2.05, 4.69) is 35.3 Å². The number of nitrogens with zero attached hydrogens (tertiary/aromatic N) is 6. The number of nitrogens with one attached hydrogen (secondary N) is 1. The van der Waals surface area contributed by atoms with Gasteiger partial charge in [0, 0.05) is 38.4 Å². The van der Waals surface area contributed by atoms with Gasteiger partial charge in [0.1, 0.15) is 5.51 Å². The molecule has 0 bridgehead atoms. The SMILES string of the molecule is COc1ccnc(N2CCN(C(C)C(=O)Nc3nncs3)CC2)n1. The first-order valence-electron chi connectivity index (χ1n) is 7.60. The molecule has 0 radical (unpaired) electrons. The van der Waals surface area contributed by atoms with E-state index in [4.69, 9.17) is 4.74 Å². The summed E-state index contributed by atoms with van der Waals surface area (Å²) in [5.41, 5.74) is 1.59. The largest absolute Gasteiger partial charge is 0.481 e. The minimum absolute atomic E-state index is 0.0715. The summed E-state index contributed by atoms with van der Waals surface area (Å²) >= 11 is 1.31. The predicted molar refractivity (Wildman–Crippen MR) is 90.4 cm³/mol. The number of piperazine rings is 1. The molecule has 128 valence electrons. The van der Waals surface area contributed by atoms with E-state index in [9.17, 15) is 4.79 Å². The van der Waals surface area contributed by atoms with E-state index in [-0.39, 0.29) is 11.9 Å². The Kier molecular flexibility index (Phi) is 5.16. The van der Waals surface area contributed by atoms with Crippen LogP contribution in [0.2, 0.25) is 0 Å². The number of rotatable bonds is 5.